The predicted octanol–water partition coefficient (Wildman–Crippen LogP) is -0.487. The van der Waals surface area contributed by atoms with Gasteiger partial charge in [-0.25, -0.2) is 9.89 Å². The van der Waals surface area contributed by atoms with Gasteiger partial charge in [0.15, 0.2) is 5.82 Å². The summed E-state index contributed by atoms with van der Waals surface area (Å²) < 4.78 is 11.1. The lowest BCUT2D eigenvalue weighted by Crippen LogP contribution is -2.30. The number of methoxy groups -OCH3 is 1. The maximum absolute atomic E-state index is 12.1. The summed E-state index contributed by atoms with van der Waals surface area (Å²) in [5.74, 6) is -0.00124. The highest BCUT2D eigenvalue weighted by molar-refractivity contribution is 5.96. The molecule has 26 heavy (non-hydrogen) atoms. The van der Waals surface area contributed by atoms with Crippen molar-refractivity contribution in [3.63, 3.8) is 0 Å². The van der Waals surface area contributed by atoms with Crippen LogP contribution < -0.4 is 10.9 Å². The van der Waals surface area contributed by atoms with Crippen molar-refractivity contribution in [2.45, 2.75) is 19.9 Å². The van der Waals surface area contributed by atoms with Crippen molar-refractivity contribution < 1.29 is 18.8 Å². The second kappa shape index (κ2) is 7.17. The van der Waals surface area contributed by atoms with Gasteiger partial charge in [0.1, 0.15) is 17.8 Å². The van der Waals surface area contributed by atoms with Crippen LogP contribution in [0.4, 0.5) is 0 Å². The number of fused-ring (bicyclic) bond motifs is 1. The molecule has 1 aromatic rings. The van der Waals surface area contributed by atoms with Crippen LogP contribution in [-0.2, 0) is 22.5 Å². The van der Waals surface area contributed by atoms with E-state index in [1.54, 1.807) is 6.92 Å². The minimum Gasteiger partial charge on any atom is -0.465 e. The van der Waals surface area contributed by atoms with E-state index in [1.165, 1.54) is 24.1 Å². The Kier molecular flexibility index (Phi) is 4.78. The van der Waals surface area contributed by atoms with Gasteiger partial charge in [-0.15, -0.1) is 0 Å². The van der Waals surface area contributed by atoms with E-state index in [4.69, 9.17) is 9.26 Å². The van der Waals surface area contributed by atoms with Crippen molar-refractivity contribution in [2.75, 3.05) is 13.7 Å². The summed E-state index contributed by atoms with van der Waals surface area (Å²) in [6.45, 7) is 1.93. The van der Waals surface area contributed by atoms with E-state index in [1.807, 2.05) is 0 Å². The highest BCUT2D eigenvalue weighted by atomic mass is 16.5. The molecule has 0 fully saturated rings. The molecule has 0 aromatic carbocycles. The van der Waals surface area contributed by atoms with Crippen molar-refractivity contribution in [3.05, 3.63) is 40.0 Å². The number of hydrogen-bond acceptors (Lipinski definition) is 8. The number of aromatic amines is 1. The summed E-state index contributed by atoms with van der Waals surface area (Å²) in [5, 5.41) is 12.5. The van der Waals surface area contributed by atoms with Gasteiger partial charge in [0.2, 0.25) is 11.8 Å². The summed E-state index contributed by atoms with van der Waals surface area (Å²) in [5.41, 5.74) is 0.0384. The maximum atomic E-state index is 12.1. The van der Waals surface area contributed by atoms with Crippen LogP contribution in [0.25, 0.3) is 11.3 Å². The quantitative estimate of drug-likeness (QED) is 0.560. The van der Waals surface area contributed by atoms with Crippen molar-refractivity contribution >= 4 is 11.9 Å². The minimum absolute atomic E-state index is 0.0899. The van der Waals surface area contributed by atoms with E-state index in [9.17, 15) is 14.4 Å². The fraction of sp³-hybridized carbons (Fsp3) is 0.333. The van der Waals surface area contributed by atoms with E-state index in [0.29, 0.717) is 24.7 Å². The van der Waals surface area contributed by atoms with E-state index in [0.717, 1.165) is 0 Å². The molecule has 0 aliphatic carbocycles. The lowest BCUT2D eigenvalue weighted by Gasteiger charge is -2.11. The largest absolute Gasteiger partial charge is 0.465 e. The Morgan fingerprint density at radius 3 is 2.88 bits per heavy atom. The van der Waals surface area contributed by atoms with Crippen molar-refractivity contribution in [1.29, 1.82) is 0 Å². The molecule has 0 saturated heterocycles. The van der Waals surface area contributed by atoms with Crippen LogP contribution >= 0.6 is 0 Å². The number of aromatic nitrogens is 5. The van der Waals surface area contributed by atoms with Gasteiger partial charge in [-0.05, 0) is 6.92 Å². The smallest absolute Gasteiger partial charge is 0.341 e. The van der Waals surface area contributed by atoms with Gasteiger partial charge in [0.05, 0.1) is 12.7 Å². The van der Waals surface area contributed by atoms with E-state index in [2.05, 4.69) is 25.7 Å². The molecule has 3 rings (SSSR count). The van der Waals surface area contributed by atoms with Gasteiger partial charge in [-0.3, -0.25) is 9.59 Å². The number of hydrogen-bond donors (Lipinski definition) is 2. The number of carbonyl (C=O) groups is 2. The van der Waals surface area contributed by atoms with Crippen LogP contribution in [0.3, 0.4) is 0 Å². The first kappa shape index (κ1) is 17.3. The SMILES string of the molecule is COC(=O)c1cn(CC(=O)NCCc2nc(C)no2)cc2c(=O)[nH]nc1-2. The topological polar surface area (TPSA) is 145 Å². The number of pyridine rings is 1. The molecular formula is C15H16N6O5. The summed E-state index contributed by atoms with van der Waals surface area (Å²) >= 11 is 0. The van der Waals surface area contributed by atoms with Crippen molar-refractivity contribution in [2.24, 2.45) is 0 Å². The summed E-state index contributed by atoms with van der Waals surface area (Å²) in [6.07, 6.45) is 3.26. The number of nitrogens with zero attached hydrogens (tertiary/aromatic N) is 4. The average molecular weight is 360 g/mol. The molecule has 0 radical (unpaired) electrons. The number of rotatable bonds is 6. The Morgan fingerprint density at radius 1 is 1.38 bits per heavy atom. The lowest BCUT2D eigenvalue weighted by molar-refractivity contribution is -0.121. The zero-order chi connectivity index (χ0) is 18.7. The zero-order valence-electron chi connectivity index (χ0n) is 14.1. The highest BCUT2D eigenvalue weighted by Gasteiger charge is 2.22. The van der Waals surface area contributed by atoms with E-state index in [-0.39, 0.29) is 29.3 Å². The number of amides is 1. The van der Waals surface area contributed by atoms with Gasteiger partial charge in [0.25, 0.3) is 5.56 Å². The van der Waals surface area contributed by atoms with Crippen LogP contribution in [0.15, 0.2) is 21.7 Å². The first-order valence-electron chi connectivity index (χ1n) is 7.70. The van der Waals surface area contributed by atoms with Gasteiger partial charge >= 0.3 is 5.97 Å². The first-order chi connectivity index (χ1) is 12.5. The van der Waals surface area contributed by atoms with Crippen LogP contribution in [0.1, 0.15) is 22.1 Å². The van der Waals surface area contributed by atoms with Gasteiger partial charge in [-0.1, -0.05) is 5.16 Å². The maximum Gasteiger partial charge on any atom is 0.341 e. The van der Waals surface area contributed by atoms with Crippen LogP contribution in [0, 0.1) is 6.92 Å². The minimum atomic E-state index is -0.650. The third-order valence-electron chi connectivity index (χ3n) is 3.58. The average Bonchev–Trinajstić information content (AvgIpc) is 3.20. The molecule has 0 saturated carbocycles. The molecule has 2 N–H and O–H groups in total. The van der Waals surface area contributed by atoms with Gasteiger partial charge in [-0.2, -0.15) is 10.1 Å². The molecule has 1 aromatic heterocycles. The van der Waals surface area contributed by atoms with Gasteiger partial charge < -0.3 is 19.1 Å². The standard InChI is InChI=1S/C15H16N6O5/c1-8-17-12(26-20-8)3-4-16-11(22)7-21-5-9-13(18-19-14(9)23)10(6-21)15(24)25-2/h5-6H,3-4,7H2,1-2H3,(H,16,22)(H,19,23). The highest BCUT2D eigenvalue weighted by Crippen LogP contribution is 2.20. The second-order valence-corrected chi connectivity index (χ2v) is 5.49. The zero-order valence-corrected chi connectivity index (χ0v) is 14.1. The molecule has 0 unspecified atom stereocenters. The monoisotopic (exact) mass is 360 g/mol. The molecule has 2 aliphatic rings. The summed E-state index contributed by atoms with van der Waals surface area (Å²) in [4.78, 5) is 39.8. The summed E-state index contributed by atoms with van der Waals surface area (Å²) in [7, 11) is 1.22. The molecule has 136 valence electrons. The Bertz CT molecular complexity index is 971. The molecule has 0 bridgehead atoms. The normalized spacial score (nSPS) is 10.8. The van der Waals surface area contributed by atoms with E-state index < -0.39 is 11.5 Å². The second-order valence-electron chi connectivity index (χ2n) is 5.49. The number of nitrogens with one attached hydrogen (secondary N) is 2. The third-order valence-corrected chi connectivity index (χ3v) is 3.58. The molecule has 2 aliphatic heterocycles. The third kappa shape index (κ3) is 3.61. The summed E-state index contributed by atoms with van der Waals surface area (Å²) in [6, 6.07) is 0. The predicted molar refractivity (Wildman–Crippen MR) is 86.6 cm³/mol. The number of aryl methyl sites for hydroxylation is 1. The molecule has 0 atom stereocenters. The number of H-pyrrole nitrogens is 1. The number of ether oxygens (including phenoxy) is 1. The first-order valence-corrected chi connectivity index (χ1v) is 7.70. The Balaban J connectivity index is 1.70. The van der Waals surface area contributed by atoms with Gasteiger partial charge in [0, 0.05) is 25.4 Å². The Labute approximate surface area is 146 Å². The van der Waals surface area contributed by atoms with Crippen LogP contribution in [-0.4, -0.2) is 50.4 Å². The number of esters is 1. The lowest BCUT2D eigenvalue weighted by atomic mass is 10.1. The molecule has 11 nitrogen and oxygen atoms in total. The van der Waals surface area contributed by atoms with Crippen LogP contribution in [0.2, 0.25) is 0 Å². The molecule has 0 spiro atoms. The fourth-order valence-electron chi connectivity index (χ4n) is 2.41. The fourth-order valence-corrected chi connectivity index (χ4v) is 2.41. The number of carbonyl (C=O) groups excluding carboxylic acids is 2. The molecular weight excluding hydrogens is 344 g/mol. The Hall–Kier alpha value is -3.50. The Morgan fingerprint density at radius 2 is 2.19 bits per heavy atom. The van der Waals surface area contributed by atoms with Crippen molar-refractivity contribution in [3.8, 4) is 11.3 Å². The molecule has 11 heteroatoms. The van der Waals surface area contributed by atoms with Crippen molar-refractivity contribution in [1.82, 2.24) is 30.2 Å². The molecule has 1 amide bonds. The molecule has 3 heterocycles. The van der Waals surface area contributed by atoms with Crippen LogP contribution in [0.5, 0.6) is 0 Å². The van der Waals surface area contributed by atoms with E-state index >= 15 is 0 Å².